The third kappa shape index (κ3) is 2.07. The first kappa shape index (κ1) is 9.52. The maximum Gasteiger partial charge on any atom is 0.121 e. The molecule has 0 spiro atoms. The molecule has 1 aromatic rings. The lowest BCUT2D eigenvalue weighted by molar-refractivity contribution is 0.0435. The van der Waals surface area contributed by atoms with E-state index in [1.165, 1.54) is 25.7 Å². The van der Waals surface area contributed by atoms with Crippen molar-refractivity contribution < 1.29 is 4.74 Å². The zero-order valence-electron chi connectivity index (χ0n) is 8.57. The molecule has 0 bridgehead atoms. The third-order valence-corrected chi connectivity index (χ3v) is 2.74. The monoisotopic (exact) mass is 195 g/mol. The minimum atomic E-state index is 0.443. The highest BCUT2D eigenvalue weighted by Crippen LogP contribution is 2.22. The van der Waals surface area contributed by atoms with E-state index < -0.39 is 0 Å². The Kier molecular flexibility index (Phi) is 2.72. The molecular weight excluding hydrogens is 178 g/mol. The Morgan fingerprint density at radius 2 is 2.29 bits per heavy atom. The fourth-order valence-corrected chi connectivity index (χ4v) is 1.87. The predicted octanol–water partition coefficient (Wildman–Crippen LogP) is 1.46. The summed E-state index contributed by atoms with van der Waals surface area (Å²) in [6, 6.07) is 1.87. The van der Waals surface area contributed by atoms with E-state index >= 15 is 0 Å². The van der Waals surface area contributed by atoms with Crippen LogP contribution in [0, 0.1) is 0 Å². The van der Waals surface area contributed by atoms with Crippen molar-refractivity contribution in [2.75, 3.05) is 5.73 Å². The van der Waals surface area contributed by atoms with Crippen LogP contribution in [0.1, 0.15) is 31.4 Å². The van der Waals surface area contributed by atoms with Crippen molar-refractivity contribution in [2.24, 2.45) is 7.05 Å². The van der Waals surface area contributed by atoms with Gasteiger partial charge in [-0.05, 0) is 12.8 Å². The van der Waals surface area contributed by atoms with Crippen molar-refractivity contribution in [3.05, 3.63) is 11.8 Å². The SMILES string of the molecule is Cn1nc(COC2CCCC2)cc1N. The van der Waals surface area contributed by atoms with E-state index in [0.29, 0.717) is 18.5 Å². The first-order valence-corrected chi connectivity index (χ1v) is 5.15. The number of hydrogen-bond acceptors (Lipinski definition) is 3. The van der Waals surface area contributed by atoms with Crippen molar-refractivity contribution in [3.63, 3.8) is 0 Å². The summed E-state index contributed by atoms with van der Waals surface area (Å²) in [4.78, 5) is 0. The van der Waals surface area contributed by atoms with Crippen LogP contribution < -0.4 is 5.73 Å². The van der Waals surface area contributed by atoms with Gasteiger partial charge in [-0.1, -0.05) is 12.8 Å². The summed E-state index contributed by atoms with van der Waals surface area (Å²) >= 11 is 0. The Bertz CT molecular complexity index is 283. The van der Waals surface area contributed by atoms with Crippen LogP contribution in [0.5, 0.6) is 0 Å². The molecule has 2 rings (SSSR count). The van der Waals surface area contributed by atoms with Gasteiger partial charge in [0.05, 0.1) is 18.4 Å². The Labute approximate surface area is 84.0 Å². The molecule has 1 saturated carbocycles. The first-order chi connectivity index (χ1) is 6.75. The molecule has 4 heteroatoms. The molecule has 4 nitrogen and oxygen atoms in total. The molecule has 2 N–H and O–H groups in total. The lowest BCUT2D eigenvalue weighted by Gasteiger charge is -2.08. The maximum atomic E-state index is 5.73. The highest BCUT2D eigenvalue weighted by molar-refractivity contribution is 5.29. The van der Waals surface area contributed by atoms with Crippen LogP contribution >= 0.6 is 0 Å². The van der Waals surface area contributed by atoms with Crippen molar-refractivity contribution in [2.45, 2.75) is 38.4 Å². The van der Waals surface area contributed by atoms with Gasteiger partial charge in [0.1, 0.15) is 5.82 Å². The summed E-state index contributed by atoms with van der Waals surface area (Å²) in [6.07, 6.45) is 5.44. The molecule has 14 heavy (non-hydrogen) atoms. The van der Waals surface area contributed by atoms with Crippen LogP contribution in [0.15, 0.2) is 6.07 Å². The molecule has 0 saturated heterocycles. The second-order valence-electron chi connectivity index (χ2n) is 3.90. The fraction of sp³-hybridized carbons (Fsp3) is 0.700. The van der Waals surface area contributed by atoms with E-state index in [9.17, 15) is 0 Å². The van der Waals surface area contributed by atoms with E-state index in [1.807, 2.05) is 13.1 Å². The molecule has 0 atom stereocenters. The minimum absolute atomic E-state index is 0.443. The molecule has 0 radical (unpaired) electrons. The molecule has 0 aromatic carbocycles. The Morgan fingerprint density at radius 3 is 2.86 bits per heavy atom. The normalized spacial score (nSPS) is 17.8. The number of anilines is 1. The van der Waals surface area contributed by atoms with Crippen molar-refractivity contribution in [3.8, 4) is 0 Å². The average Bonchev–Trinajstić information content (AvgIpc) is 2.74. The first-order valence-electron chi connectivity index (χ1n) is 5.15. The molecule has 0 aliphatic heterocycles. The Hall–Kier alpha value is -1.03. The summed E-state index contributed by atoms with van der Waals surface area (Å²) in [5, 5.41) is 4.24. The second kappa shape index (κ2) is 4.00. The molecule has 1 aliphatic rings. The lowest BCUT2D eigenvalue weighted by atomic mass is 10.3. The van der Waals surface area contributed by atoms with Crippen LogP contribution in [0.25, 0.3) is 0 Å². The molecule has 1 fully saturated rings. The van der Waals surface area contributed by atoms with Crippen LogP contribution in [-0.4, -0.2) is 15.9 Å². The minimum Gasteiger partial charge on any atom is -0.384 e. The average molecular weight is 195 g/mol. The summed E-state index contributed by atoms with van der Waals surface area (Å²) in [5.41, 5.74) is 6.60. The summed E-state index contributed by atoms with van der Waals surface area (Å²) < 4.78 is 7.40. The van der Waals surface area contributed by atoms with Crippen LogP contribution in [-0.2, 0) is 18.4 Å². The van der Waals surface area contributed by atoms with Gasteiger partial charge in [0.15, 0.2) is 0 Å². The third-order valence-electron chi connectivity index (χ3n) is 2.74. The molecule has 0 unspecified atom stereocenters. The van der Waals surface area contributed by atoms with E-state index in [2.05, 4.69) is 5.10 Å². The zero-order chi connectivity index (χ0) is 9.97. The fourth-order valence-electron chi connectivity index (χ4n) is 1.87. The smallest absolute Gasteiger partial charge is 0.121 e. The van der Waals surface area contributed by atoms with Crippen molar-refractivity contribution >= 4 is 5.82 Å². The number of aryl methyl sites for hydroxylation is 1. The Balaban J connectivity index is 1.85. The molecule has 1 aromatic heterocycles. The summed E-state index contributed by atoms with van der Waals surface area (Å²) in [7, 11) is 1.84. The van der Waals surface area contributed by atoms with E-state index in [1.54, 1.807) is 4.68 Å². The summed E-state index contributed by atoms with van der Waals surface area (Å²) in [6.45, 7) is 0.593. The number of rotatable bonds is 3. The number of nitrogens with two attached hydrogens (primary N) is 1. The topological polar surface area (TPSA) is 53.1 Å². The number of aromatic nitrogens is 2. The van der Waals surface area contributed by atoms with Crippen LogP contribution in [0.3, 0.4) is 0 Å². The van der Waals surface area contributed by atoms with Crippen molar-refractivity contribution in [1.82, 2.24) is 9.78 Å². The Morgan fingerprint density at radius 1 is 1.57 bits per heavy atom. The summed E-state index contributed by atoms with van der Waals surface area (Å²) in [5.74, 6) is 0.690. The molecule has 78 valence electrons. The number of nitrogen functional groups attached to an aromatic ring is 1. The highest BCUT2D eigenvalue weighted by Gasteiger charge is 2.15. The van der Waals surface area contributed by atoms with E-state index in [0.717, 1.165) is 5.69 Å². The van der Waals surface area contributed by atoms with Gasteiger partial charge in [0, 0.05) is 13.1 Å². The van der Waals surface area contributed by atoms with Gasteiger partial charge >= 0.3 is 0 Å². The van der Waals surface area contributed by atoms with E-state index in [4.69, 9.17) is 10.5 Å². The molecule has 0 amide bonds. The zero-order valence-corrected chi connectivity index (χ0v) is 8.57. The van der Waals surface area contributed by atoms with Gasteiger partial charge in [-0.3, -0.25) is 4.68 Å². The predicted molar refractivity (Wildman–Crippen MR) is 54.7 cm³/mol. The highest BCUT2D eigenvalue weighted by atomic mass is 16.5. The molecular formula is C10H17N3O. The number of hydrogen-bond donors (Lipinski definition) is 1. The lowest BCUT2D eigenvalue weighted by Crippen LogP contribution is -2.07. The molecule has 1 heterocycles. The van der Waals surface area contributed by atoms with Gasteiger partial charge in [-0.25, -0.2) is 0 Å². The number of nitrogens with zero attached hydrogens (tertiary/aromatic N) is 2. The van der Waals surface area contributed by atoms with Crippen molar-refractivity contribution in [1.29, 1.82) is 0 Å². The largest absolute Gasteiger partial charge is 0.384 e. The quantitative estimate of drug-likeness (QED) is 0.794. The van der Waals surface area contributed by atoms with Gasteiger partial charge in [-0.2, -0.15) is 5.10 Å². The van der Waals surface area contributed by atoms with Gasteiger partial charge in [-0.15, -0.1) is 0 Å². The maximum absolute atomic E-state index is 5.73. The number of ether oxygens (including phenoxy) is 1. The molecule has 1 aliphatic carbocycles. The van der Waals surface area contributed by atoms with Gasteiger partial charge in [0.25, 0.3) is 0 Å². The van der Waals surface area contributed by atoms with Crippen LogP contribution in [0.4, 0.5) is 5.82 Å². The van der Waals surface area contributed by atoms with Gasteiger partial charge in [0.2, 0.25) is 0 Å². The van der Waals surface area contributed by atoms with E-state index in [-0.39, 0.29) is 0 Å². The second-order valence-corrected chi connectivity index (χ2v) is 3.90. The van der Waals surface area contributed by atoms with Crippen LogP contribution in [0.2, 0.25) is 0 Å². The van der Waals surface area contributed by atoms with Gasteiger partial charge < -0.3 is 10.5 Å². The standard InChI is InChI=1S/C10H17N3O/c1-13-10(11)6-8(12-13)7-14-9-4-2-3-5-9/h6,9H,2-5,7,11H2,1H3.